The van der Waals surface area contributed by atoms with Crippen LogP contribution in [0.2, 0.25) is 0 Å². The zero-order valence-corrected chi connectivity index (χ0v) is 38.0. The van der Waals surface area contributed by atoms with E-state index >= 15 is 0 Å². The molecule has 0 saturated carbocycles. The molecule has 6 nitrogen and oxygen atoms in total. The van der Waals surface area contributed by atoms with Crippen molar-refractivity contribution in [2.75, 3.05) is 9.80 Å². The van der Waals surface area contributed by atoms with E-state index in [1.165, 1.54) is 16.3 Å². The molecule has 0 radical (unpaired) electrons. The summed E-state index contributed by atoms with van der Waals surface area (Å²) in [6.07, 6.45) is 1.88. The molecule has 0 fully saturated rings. The maximum atomic E-state index is 6.77. The second kappa shape index (κ2) is 15.5. The molecule has 5 heterocycles. The summed E-state index contributed by atoms with van der Waals surface area (Å²) in [6, 6.07) is 80.1. The summed E-state index contributed by atoms with van der Waals surface area (Å²) < 4.78 is 11.5. The van der Waals surface area contributed by atoms with Crippen LogP contribution in [0, 0.1) is 18.8 Å². The Balaban J connectivity index is 0.00000446. The topological polar surface area (TPSA) is 37.4 Å². The van der Waals surface area contributed by atoms with Crippen molar-refractivity contribution in [2.24, 2.45) is 0 Å². The van der Waals surface area contributed by atoms with E-state index in [-0.39, 0.29) is 21.1 Å². The molecule has 7 heteroatoms. The Morgan fingerprint density at radius 2 is 1.00 bits per heavy atom. The Morgan fingerprint density at radius 1 is 0.418 bits per heavy atom. The van der Waals surface area contributed by atoms with E-state index < -0.39 is 0 Å². The molecule has 0 atom stereocenters. The van der Waals surface area contributed by atoms with E-state index in [4.69, 9.17) is 9.72 Å². The second-order valence-corrected chi connectivity index (χ2v) is 16.8. The monoisotopic (exact) mass is 1040 g/mol. The first-order valence-electron chi connectivity index (χ1n) is 22.2. The number of ether oxygens (including phenoxy) is 1. The van der Waals surface area contributed by atoms with Crippen molar-refractivity contribution in [1.29, 1.82) is 0 Å². The predicted octanol–water partition coefficient (Wildman–Crippen LogP) is 15.5. The van der Waals surface area contributed by atoms with Crippen LogP contribution in [0.5, 0.6) is 11.5 Å². The molecule has 67 heavy (non-hydrogen) atoms. The number of fused-ring (bicyclic) bond motifs is 11. The van der Waals surface area contributed by atoms with Gasteiger partial charge < -0.3 is 23.3 Å². The van der Waals surface area contributed by atoms with Gasteiger partial charge in [-0.05, 0) is 52.9 Å². The van der Waals surface area contributed by atoms with Gasteiger partial charge in [0.15, 0.2) is 0 Å². The van der Waals surface area contributed by atoms with Crippen LogP contribution in [0.15, 0.2) is 212 Å². The summed E-state index contributed by atoms with van der Waals surface area (Å²) in [5, 5.41) is 6.82. The van der Waals surface area contributed by atoms with Gasteiger partial charge in [-0.2, -0.15) is 12.1 Å². The first-order chi connectivity index (χ1) is 32.8. The summed E-state index contributed by atoms with van der Waals surface area (Å²) in [5.74, 6) is 1.17. The van der Waals surface area contributed by atoms with E-state index in [2.05, 4.69) is 219 Å². The van der Waals surface area contributed by atoms with Gasteiger partial charge in [0, 0.05) is 88.5 Å². The number of para-hydroxylation sites is 6. The number of hydrogen-bond donors (Lipinski definition) is 0. The summed E-state index contributed by atoms with van der Waals surface area (Å²) >= 11 is 0. The molecule has 14 rings (SSSR count). The number of benzene rings is 9. The molecule has 0 unspecified atom stereocenters. The van der Waals surface area contributed by atoms with Crippen LogP contribution in [0.3, 0.4) is 0 Å². The smallest absolute Gasteiger partial charge is 0.143 e. The van der Waals surface area contributed by atoms with Crippen molar-refractivity contribution in [3.05, 3.63) is 231 Å². The zero-order valence-electron chi connectivity index (χ0n) is 35.7. The molecule has 0 amide bonds. The van der Waals surface area contributed by atoms with E-state index in [9.17, 15) is 0 Å². The molecule has 0 spiro atoms. The van der Waals surface area contributed by atoms with E-state index in [0.29, 0.717) is 11.5 Å². The van der Waals surface area contributed by atoms with E-state index in [1.54, 1.807) is 0 Å². The summed E-state index contributed by atoms with van der Waals surface area (Å²) in [5.41, 5.74) is 14.9. The van der Waals surface area contributed by atoms with E-state index in [1.807, 2.05) is 30.5 Å². The number of hydrogen-bond acceptors (Lipinski definition) is 4. The van der Waals surface area contributed by atoms with Gasteiger partial charge in [0.05, 0.1) is 22.1 Å². The molecule has 320 valence electrons. The second-order valence-electron chi connectivity index (χ2n) is 16.8. The van der Waals surface area contributed by atoms with Crippen LogP contribution in [-0.2, 0) is 21.1 Å². The average molecular weight is 1040 g/mol. The summed E-state index contributed by atoms with van der Waals surface area (Å²) in [6.45, 7) is 2.18. The van der Waals surface area contributed by atoms with Crippen LogP contribution in [0.25, 0.3) is 87.8 Å². The third kappa shape index (κ3) is 5.96. The standard InChI is InChI=1S/C60H36N5O.Pt/c1-3-16-39(17-4-1)44-23-12-24-45(40-18-5-2-6-19-40)57(44)63-38-62(53-30-9-10-31-54(53)63)41-20-11-21-42(36-41)66-43-33-34-47-49-27-14-32-55-59(49)65(56(47)37-43)60-51(28-15-35-61-60)50-26-13-25-48-46-22-7-8-29-52(46)64(55)58(48)50;/h1-35,38H;/q-3;. The third-order valence-electron chi connectivity index (χ3n) is 13.2. The van der Waals surface area contributed by atoms with Gasteiger partial charge in [0.2, 0.25) is 0 Å². The molecule has 0 saturated heterocycles. The first-order valence-corrected chi connectivity index (χ1v) is 22.2. The van der Waals surface area contributed by atoms with Crippen molar-refractivity contribution < 1.29 is 25.8 Å². The van der Waals surface area contributed by atoms with E-state index in [0.717, 1.165) is 94.3 Å². The Labute approximate surface area is 400 Å². The third-order valence-corrected chi connectivity index (χ3v) is 13.2. The van der Waals surface area contributed by atoms with Gasteiger partial charge >= 0.3 is 0 Å². The fourth-order valence-corrected chi connectivity index (χ4v) is 10.4. The predicted molar refractivity (Wildman–Crippen MR) is 270 cm³/mol. The molecule has 9 aromatic carbocycles. The number of rotatable bonds is 6. The summed E-state index contributed by atoms with van der Waals surface area (Å²) in [4.78, 5) is 9.63. The first kappa shape index (κ1) is 39.2. The molecule has 1 aliphatic rings. The Hall–Kier alpha value is -8.18. The van der Waals surface area contributed by atoms with Crippen LogP contribution in [0.4, 0.5) is 22.7 Å². The normalized spacial score (nSPS) is 12.5. The van der Waals surface area contributed by atoms with Crippen LogP contribution < -0.4 is 14.5 Å². The van der Waals surface area contributed by atoms with Gasteiger partial charge in [0.25, 0.3) is 0 Å². The van der Waals surface area contributed by atoms with Crippen LogP contribution in [-0.4, -0.2) is 13.8 Å². The Morgan fingerprint density at radius 3 is 1.78 bits per heavy atom. The zero-order chi connectivity index (χ0) is 43.3. The number of aromatic nitrogens is 3. The van der Waals surface area contributed by atoms with Crippen molar-refractivity contribution in [3.8, 4) is 33.8 Å². The minimum absolute atomic E-state index is 0. The molecular formula is C60H36N5OPt-3. The quantitative estimate of drug-likeness (QED) is 0.156. The maximum Gasteiger partial charge on any atom is 0.143 e. The fourth-order valence-electron chi connectivity index (χ4n) is 10.4. The van der Waals surface area contributed by atoms with Crippen molar-refractivity contribution in [1.82, 2.24) is 13.8 Å². The van der Waals surface area contributed by atoms with Crippen LogP contribution >= 0.6 is 0 Å². The Kier molecular flexibility index (Phi) is 9.06. The van der Waals surface area contributed by atoms with Crippen molar-refractivity contribution in [3.63, 3.8) is 0 Å². The minimum atomic E-state index is 0. The molecule has 1 aliphatic heterocycles. The molecule has 0 aliphatic carbocycles. The van der Waals surface area contributed by atoms with Gasteiger partial charge in [-0.25, -0.2) is 4.98 Å². The molecule has 0 N–H and O–H groups in total. The number of nitrogens with zero attached hydrogens (tertiary/aromatic N) is 5. The molecular weight excluding hydrogens is 1000 g/mol. The van der Waals surface area contributed by atoms with Crippen LogP contribution in [0.1, 0.15) is 0 Å². The molecule has 13 aromatic rings. The van der Waals surface area contributed by atoms with Gasteiger partial charge in [-0.1, -0.05) is 145 Å². The minimum Gasteiger partial charge on any atom is -0.509 e. The Bertz CT molecular complexity index is 4030. The van der Waals surface area contributed by atoms with Crippen molar-refractivity contribution >= 4 is 88.3 Å². The van der Waals surface area contributed by atoms with Gasteiger partial charge in [-0.15, -0.1) is 48.1 Å². The average Bonchev–Trinajstić information content (AvgIpc) is 4.04. The molecule has 4 aromatic heterocycles. The number of pyridine rings is 1. The summed E-state index contributed by atoms with van der Waals surface area (Å²) in [7, 11) is 0. The molecule has 0 bridgehead atoms. The number of anilines is 4. The van der Waals surface area contributed by atoms with Gasteiger partial charge in [-0.3, -0.25) is 0 Å². The largest absolute Gasteiger partial charge is 0.509 e. The SMILES string of the molecule is [Pt].[c-]1c(Oc2[c-]c3c(cc2)c2cccc4c2n3c2ncccc2c2cccc3c5ccccc5n4c32)cccc1N1[CH-]N(c2c(-c3ccccc3)cccc2-c2ccccc2)c2ccccc21. The van der Waals surface area contributed by atoms with Crippen molar-refractivity contribution in [2.45, 2.75) is 0 Å². The fraction of sp³-hybridized carbons (Fsp3) is 0. The maximum absolute atomic E-state index is 6.77. The van der Waals surface area contributed by atoms with Gasteiger partial charge in [0.1, 0.15) is 5.65 Å².